The quantitative estimate of drug-likeness (QED) is 0.644. The predicted octanol–water partition coefficient (Wildman–Crippen LogP) is 2.91. The molecule has 3 rings (SSSR count). The van der Waals surface area contributed by atoms with Crippen LogP contribution < -0.4 is 10.5 Å². The molecule has 0 saturated heterocycles. The fourth-order valence-corrected chi connectivity index (χ4v) is 3.92. The zero-order valence-electron chi connectivity index (χ0n) is 16.4. The van der Waals surface area contributed by atoms with Gasteiger partial charge in [0, 0.05) is 30.4 Å². The number of carboxylic acids is 1. The summed E-state index contributed by atoms with van der Waals surface area (Å²) in [6, 6.07) is 2.68. The molecule has 6 heteroatoms. The van der Waals surface area contributed by atoms with Crippen LogP contribution in [0.3, 0.4) is 0 Å². The number of aliphatic hydroxyl groups is 1. The number of carbonyl (C=O) groups is 1. The molecule has 1 aromatic heterocycles. The minimum atomic E-state index is -2.03. The second kappa shape index (κ2) is 7.76. The lowest BCUT2D eigenvalue weighted by atomic mass is 9.83. The Labute approximate surface area is 161 Å². The van der Waals surface area contributed by atoms with Gasteiger partial charge in [-0.15, -0.1) is 0 Å². The number of aromatic nitrogens is 1. The maximum absolute atomic E-state index is 11.8. The number of ether oxygens (including phenoxy) is 1. The van der Waals surface area contributed by atoms with Crippen LogP contribution in [-0.4, -0.2) is 38.9 Å². The summed E-state index contributed by atoms with van der Waals surface area (Å²) in [6.07, 6.45) is 8.59. The molecule has 4 N–H and O–H groups in total. The van der Waals surface area contributed by atoms with E-state index in [1.807, 2.05) is 0 Å². The highest BCUT2D eigenvalue weighted by Crippen LogP contribution is 2.49. The number of hydrogen-bond donors (Lipinski definition) is 3. The Hall–Kier alpha value is -1.66. The summed E-state index contributed by atoms with van der Waals surface area (Å²) in [5.41, 5.74) is 4.65. The zero-order valence-corrected chi connectivity index (χ0v) is 16.4. The minimum absolute atomic E-state index is 0.0549. The molecule has 1 heterocycles. The van der Waals surface area contributed by atoms with Gasteiger partial charge in [0.15, 0.2) is 5.60 Å². The van der Waals surface area contributed by atoms with Crippen molar-refractivity contribution in [1.29, 1.82) is 0 Å². The third kappa shape index (κ3) is 4.99. The average molecular weight is 376 g/mol. The number of carboxylic acid groups (broad SMARTS) is 1. The van der Waals surface area contributed by atoms with Crippen molar-refractivity contribution in [3.63, 3.8) is 0 Å². The number of pyridine rings is 1. The Morgan fingerprint density at radius 3 is 2.67 bits per heavy atom. The van der Waals surface area contributed by atoms with Gasteiger partial charge >= 0.3 is 5.97 Å². The van der Waals surface area contributed by atoms with Crippen molar-refractivity contribution in [2.75, 3.05) is 0 Å². The lowest BCUT2D eigenvalue weighted by Gasteiger charge is -2.31. The van der Waals surface area contributed by atoms with Crippen LogP contribution in [0.2, 0.25) is 0 Å². The normalized spacial score (nSPS) is 27.4. The van der Waals surface area contributed by atoms with E-state index in [9.17, 15) is 15.0 Å². The molecule has 0 spiro atoms. The van der Waals surface area contributed by atoms with Crippen molar-refractivity contribution in [2.24, 2.45) is 17.1 Å². The van der Waals surface area contributed by atoms with Crippen LogP contribution in [0.15, 0.2) is 18.3 Å². The Bertz CT molecular complexity index is 668. The van der Waals surface area contributed by atoms with Crippen LogP contribution in [0.5, 0.6) is 5.75 Å². The Morgan fingerprint density at radius 2 is 2.07 bits per heavy atom. The van der Waals surface area contributed by atoms with Gasteiger partial charge in [-0.3, -0.25) is 4.98 Å². The molecule has 0 bridgehead atoms. The van der Waals surface area contributed by atoms with Gasteiger partial charge in [0.05, 0.1) is 6.10 Å². The summed E-state index contributed by atoms with van der Waals surface area (Å²) in [5, 5.41) is 20.5. The summed E-state index contributed by atoms with van der Waals surface area (Å²) in [7, 11) is 0. The van der Waals surface area contributed by atoms with Crippen molar-refractivity contribution < 1.29 is 19.7 Å². The van der Waals surface area contributed by atoms with Gasteiger partial charge in [-0.2, -0.15) is 0 Å². The second-order valence-corrected chi connectivity index (χ2v) is 9.01. The molecular formula is C21H32N2O4. The van der Waals surface area contributed by atoms with Crippen LogP contribution >= 0.6 is 0 Å². The molecule has 0 aromatic carbocycles. The first-order valence-corrected chi connectivity index (χ1v) is 10.0. The second-order valence-electron chi connectivity index (χ2n) is 9.01. The number of aliphatic carboxylic acids is 1. The number of hydrogen-bond acceptors (Lipinski definition) is 5. The molecule has 2 aliphatic carbocycles. The fraction of sp³-hybridized carbons (Fsp3) is 0.714. The highest BCUT2D eigenvalue weighted by Gasteiger charge is 2.48. The molecule has 0 amide bonds. The van der Waals surface area contributed by atoms with E-state index in [0.717, 1.165) is 44.4 Å². The summed E-state index contributed by atoms with van der Waals surface area (Å²) in [4.78, 5) is 16.1. The minimum Gasteiger partial charge on any atom is -0.490 e. The molecule has 0 radical (unpaired) electrons. The standard InChI is InChI=1S/C21H32N2O4/c1-14-3-5-16(6-4-14)27-17-7-10-23-15(11-17)12-21(26,19(24)25)18(22)13-20(2)8-9-20/h7,10-11,14,16,18,26H,3-6,8-9,12-13,22H2,1-2H3,(H,24,25)/t14?,16?,18-,21+/m0/s1. The molecule has 2 saturated carbocycles. The van der Waals surface area contributed by atoms with Gasteiger partial charge in [0.2, 0.25) is 0 Å². The first kappa shape index (κ1) is 20.1. The lowest BCUT2D eigenvalue weighted by molar-refractivity contribution is -0.161. The van der Waals surface area contributed by atoms with Crippen LogP contribution in [0.4, 0.5) is 0 Å². The first-order valence-electron chi connectivity index (χ1n) is 10.0. The van der Waals surface area contributed by atoms with E-state index in [4.69, 9.17) is 10.5 Å². The average Bonchev–Trinajstić information content (AvgIpc) is 3.34. The van der Waals surface area contributed by atoms with Crippen LogP contribution in [0.25, 0.3) is 0 Å². The number of nitrogens with zero attached hydrogens (tertiary/aromatic N) is 1. The van der Waals surface area contributed by atoms with Crippen molar-refractivity contribution in [1.82, 2.24) is 4.98 Å². The maximum atomic E-state index is 11.8. The van der Waals surface area contributed by atoms with Gasteiger partial charge < -0.3 is 20.7 Å². The largest absolute Gasteiger partial charge is 0.490 e. The SMILES string of the molecule is CC1CCC(Oc2ccnc(C[C@](O)(C(=O)O)[C@@H](N)CC3(C)CC3)c2)CC1. The molecule has 27 heavy (non-hydrogen) atoms. The predicted molar refractivity (Wildman–Crippen MR) is 103 cm³/mol. The monoisotopic (exact) mass is 376 g/mol. The van der Waals surface area contributed by atoms with Crippen molar-refractivity contribution in [2.45, 2.75) is 83.0 Å². The van der Waals surface area contributed by atoms with Gasteiger partial charge in [-0.05, 0) is 62.3 Å². The fourth-order valence-electron chi connectivity index (χ4n) is 3.92. The Morgan fingerprint density at radius 1 is 1.41 bits per heavy atom. The van der Waals surface area contributed by atoms with Gasteiger partial charge in [0.1, 0.15) is 5.75 Å². The highest BCUT2D eigenvalue weighted by atomic mass is 16.5. The van der Waals surface area contributed by atoms with Crippen LogP contribution in [0, 0.1) is 11.3 Å². The summed E-state index contributed by atoms with van der Waals surface area (Å²) in [6.45, 7) is 4.34. The molecule has 6 nitrogen and oxygen atoms in total. The zero-order chi connectivity index (χ0) is 19.7. The van der Waals surface area contributed by atoms with Gasteiger partial charge in [-0.1, -0.05) is 13.8 Å². The summed E-state index contributed by atoms with van der Waals surface area (Å²) >= 11 is 0. The molecule has 0 unspecified atom stereocenters. The summed E-state index contributed by atoms with van der Waals surface area (Å²) < 4.78 is 6.07. The van der Waals surface area contributed by atoms with Crippen molar-refractivity contribution >= 4 is 5.97 Å². The van der Waals surface area contributed by atoms with E-state index in [1.54, 1.807) is 18.3 Å². The molecular weight excluding hydrogens is 344 g/mol. The van der Waals surface area contributed by atoms with Gasteiger partial charge in [0.25, 0.3) is 0 Å². The molecule has 150 valence electrons. The maximum Gasteiger partial charge on any atom is 0.337 e. The third-order valence-corrected chi connectivity index (χ3v) is 6.30. The third-order valence-electron chi connectivity index (χ3n) is 6.30. The van der Waals surface area contributed by atoms with E-state index >= 15 is 0 Å². The molecule has 2 atom stereocenters. The molecule has 2 fully saturated rings. The van der Waals surface area contributed by atoms with E-state index in [-0.39, 0.29) is 17.9 Å². The Balaban J connectivity index is 1.68. The smallest absolute Gasteiger partial charge is 0.337 e. The van der Waals surface area contributed by atoms with Crippen molar-refractivity contribution in [3.05, 3.63) is 24.0 Å². The van der Waals surface area contributed by atoms with Gasteiger partial charge in [-0.25, -0.2) is 4.79 Å². The lowest BCUT2D eigenvalue weighted by Crippen LogP contribution is -2.56. The molecule has 1 aromatic rings. The first-order chi connectivity index (χ1) is 12.7. The highest BCUT2D eigenvalue weighted by molar-refractivity contribution is 5.78. The van der Waals surface area contributed by atoms with Crippen LogP contribution in [-0.2, 0) is 11.2 Å². The van der Waals surface area contributed by atoms with E-state index < -0.39 is 17.6 Å². The summed E-state index contributed by atoms with van der Waals surface area (Å²) in [5.74, 6) is 0.127. The van der Waals surface area contributed by atoms with Crippen LogP contribution in [0.1, 0.15) is 64.5 Å². The number of nitrogens with two attached hydrogens (primary N) is 1. The van der Waals surface area contributed by atoms with Crippen molar-refractivity contribution in [3.8, 4) is 5.75 Å². The molecule has 2 aliphatic rings. The topological polar surface area (TPSA) is 106 Å². The Kier molecular flexibility index (Phi) is 5.77. The number of rotatable bonds is 8. The van der Waals surface area contributed by atoms with E-state index in [0.29, 0.717) is 17.9 Å². The molecule has 0 aliphatic heterocycles. The van der Waals surface area contributed by atoms with E-state index in [1.165, 1.54) is 0 Å². The van der Waals surface area contributed by atoms with E-state index in [2.05, 4.69) is 18.8 Å².